The molecule has 2 heterocycles. The van der Waals surface area contributed by atoms with Crippen molar-refractivity contribution in [3.05, 3.63) is 94.0 Å². The highest BCUT2D eigenvalue weighted by Gasteiger charge is 2.49. The van der Waals surface area contributed by atoms with E-state index in [4.69, 9.17) is 21.9 Å². The molecule has 1 saturated carbocycles. The zero-order chi connectivity index (χ0) is 31.3. The number of ketones is 1. The van der Waals surface area contributed by atoms with Crippen LogP contribution in [0.1, 0.15) is 62.9 Å². The second kappa shape index (κ2) is 11.2. The third-order valence-electron chi connectivity index (χ3n) is 8.57. The van der Waals surface area contributed by atoms with Gasteiger partial charge in [-0.05, 0) is 80.1 Å². The number of benzene rings is 2. The van der Waals surface area contributed by atoms with E-state index >= 15 is 0 Å². The van der Waals surface area contributed by atoms with Gasteiger partial charge in [0.05, 0.1) is 15.6 Å². The Morgan fingerprint density at radius 3 is 2.52 bits per heavy atom. The van der Waals surface area contributed by atoms with Gasteiger partial charge in [-0.2, -0.15) is 0 Å². The number of aromatic nitrogens is 1. The number of pyridine rings is 1. The minimum atomic E-state index is -1.59. The fraction of sp³-hybridized carbons (Fsp3) is 0.273. The average molecular weight is 611 g/mol. The Bertz CT molecular complexity index is 1850. The minimum Gasteiger partial charge on any atom is -0.439 e. The van der Waals surface area contributed by atoms with Crippen LogP contribution in [0.25, 0.3) is 10.1 Å². The first kappa shape index (κ1) is 29.5. The Morgan fingerprint density at radius 2 is 1.82 bits per heavy atom. The number of anilines is 1. The SMILES string of the molecule is C=CC(=O)N[C@H]1CCC[C@H]1NC(=O)c1sc2c(N)ccc3c2c1C(N)C(=O)C3(N)c1ccc(Oc2cccc(C)n2)cc1C. The zero-order valence-electron chi connectivity index (χ0n) is 24.5. The van der Waals surface area contributed by atoms with Crippen LogP contribution in [0.2, 0.25) is 0 Å². The van der Waals surface area contributed by atoms with Gasteiger partial charge in [-0.3, -0.25) is 14.4 Å². The number of ether oxygens (including phenoxy) is 1. The van der Waals surface area contributed by atoms with Gasteiger partial charge in [0.1, 0.15) is 11.3 Å². The lowest BCUT2D eigenvalue weighted by Gasteiger charge is -2.37. The van der Waals surface area contributed by atoms with Gasteiger partial charge in [0.2, 0.25) is 11.8 Å². The second-order valence-electron chi connectivity index (χ2n) is 11.4. The molecule has 0 radical (unpaired) electrons. The average Bonchev–Trinajstić information content (AvgIpc) is 3.61. The smallest absolute Gasteiger partial charge is 0.262 e. The third-order valence-corrected chi connectivity index (χ3v) is 9.83. The van der Waals surface area contributed by atoms with Crippen molar-refractivity contribution >= 4 is 44.7 Å². The molecule has 0 spiro atoms. The number of hydrogen-bond donors (Lipinski definition) is 5. The van der Waals surface area contributed by atoms with Crippen molar-refractivity contribution < 1.29 is 19.1 Å². The maximum absolute atomic E-state index is 14.2. The summed E-state index contributed by atoms with van der Waals surface area (Å²) < 4.78 is 6.61. The van der Waals surface area contributed by atoms with E-state index in [0.717, 1.165) is 24.1 Å². The molecule has 4 aromatic rings. The van der Waals surface area contributed by atoms with Gasteiger partial charge < -0.3 is 32.6 Å². The summed E-state index contributed by atoms with van der Waals surface area (Å²) in [6, 6.07) is 12.6. The molecule has 2 unspecified atom stereocenters. The Morgan fingerprint density at radius 1 is 1.09 bits per heavy atom. The van der Waals surface area contributed by atoms with Crippen molar-refractivity contribution in [3.63, 3.8) is 0 Å². The van der Waals surface area contributed by atoms with Gasteiger partial charge in [0, 0.05) is 40.5 Å². The summed E-state index contributed by atoms with van der Waals surface area (Å²) in [7, 11) is 0. The lowest BCUT2D eigenvalue weighted by atomic mass is 9.69. The number of carbonyl (C=O) groups excluding carboxylic acids is 3. The summed E-state index contributed by atoms with van der Waals surface area (Å²) in [4.78, 5) is 44.6. The molecule has 2 amide bonds. The van der Waals surface area contributed by atoms with Crippen LogP contribution in [-0.2, 0) is 15.1 Å². The Hall–Kier alpha value is -4.58. The maximum atomic E-state index is 14.2. The number of rotatable bonds is 7. The molecule has 0 saturated heterocycles. The maximum Gasteiger partial charge on any atom is 0.262 e. The highest BCUT2D eigenvalue weighted by Crippen LogP contribution is 2.50. The number of hydrogen-bond acceptors (Lipinski definition) is 9. The number of nitrogens with zero attached hydrogens (tertiary/aromatic N) is 1. The van der Waals surface area contributed by atoms with E-state index in [9.17, 15) is 14.4 Å². The zero-order valence-corrected chi connectivity index (χ0v) is 25.3. The molecule has 2 aliphatic rings. The molecule has 4 atom stereocenters. The lowest BCUT2D eigenvalue weighted by molar-refractivity contribution is -0.124. The number of nitrogens with two attached hydrogens (primary N) is 3. The Balaban J connectivity index is 1.39. The van der Waals surface area contributed by atoms with Crippen molar-refractivity contribution in [1.82, 2.24) is 15.6 Å². The highest BCUT2D eigenvalue weighted by atomic mass is 32.1. The molecule has 6 rings (SSSR count). The van der Waals surface area contributed by atoms with Crippen LogP contribution in [0.4, 0.5) is 5.69 Å². The molecule has 1 fully saturated rings. The molecular weight excluding hydrogens is 576 g/mol. The summed E-state index contributed by atoms with van der Waals surface area (Å²) in [5.74, 6) is -0.0905. The lowest BCUT2D eigenvalue weighted by Crippen LogP contribution is -2.53. The number of carbonyl (C=O) groups is 3. The van der Waals surface area contributed by atoms with Gasteiger partial charge in [-0.15, -0.1) is 11.3 Å². The van der Waals surface area contributed by atoms with Crippen LogP contribution < -0.4 is 32.6 Å². The van der Waals surface area contributed by atoms with Crippen LogP contribution in [0.3, 0.4) is 0 Å². The third kappa shape index (κ3) is 4.83. The van der Waals surface area contributed by atoms with Crippen molar-refractivity contribution in [2.24, 2.45) is 11.5 Å². The summed E-state index contributed by atoms with van der Waals surface area (Å²) in [6.07, 6.45) is 3.50. The minimum absolute atomic E-state index is 0.223. The molecule has 2 aromatic heterocycles. The van der Waals surface area contributed by atoms with Crippen molar-refractivity contribution in [1.29, 1.82) is 0 Å². The van der Waals surface area contributed by atoms with Crippen LogP contribution >= 0.6 is 11.3 Å². The first-order chi connectivity index (χ1) is 21.0. The highest BCUT2D eigenvalue weighted by molar-refractivity contribution is 7.21. The molecule has 2 aliphatic carbocycles. The van der Waals surface area contributed by atoms with E-state index in [2.05, 4.69) is 22.2 Å². The monoisotopic (exact) mass is 610 g/mol. The predicted molar refractivity (Wildman–Crippen MR) is 171 cm³/mol. The van der Waals surface area contributed by atoms with Crippen molar-refractivity contribution in [2.75, 3.05) is 5.73 Å². The van der Waals surface area contributed by atoms with Gasteiger partial charge in [0.15, 0.2) is 5.78 Å². The molecule has 0 bridgehead atoms. The fourth-order valence-electron chi connectivity index (χ4n) is 6.45. The topological polar surface area (TPSA) is 175 Å². The normalized spacial score (nSPS) is 22.5. The second-order valence-corrected chi connectivity index (χ2v) is 12.4. The van der Waals surface area contributed by atoms with Crippen LogP contribution in [0.5, 0.6) is 11.6 Å². The molecular formula is C33H34N6O4S. The Kier molecular flexibility index (Phi) is 7.48. The van der Waals surface area contributed by atoms with Crippen LogP contribution in [-0.4, -0.2) is 34.7 Å². The van der Waals surface area contributed by atoms with Gasteiger partial charge in [0.25, 0.3) is 5.91 Å². The molecule has 2 aromatic carbocycles. The van der Waals surface area contributed by atoms with Crippen molar-refractivity contribution in [3.8, 4) is 11.6 Å². The number of thiophene rings is 1. The molecule has 11 heteroatoms. The van der Waals surface area contributed by atoms with E-state index in [1.54, 1.807) is 30.3 Å². The summed E-state index contributed by atoms with van der Waals surface area (Å²) in [5, 5.41) is 6.58. The van der Waals surface area contributed by atoms with E-state index in [-0.39, 0.29) is 23.9 Å². The number of amides is 2. The van der Waals surface area contributed by atoms with Crippen LogP contribution in [0.15, 0.2) is 61.2 Å². The van der Waals surface area contributed by atoms with E-state index < -0.39 is 17.4 Å². The summed E-state index contributed by atoms with van der Waals surface area (Å²) >= 11 is 1.20. The van der Waals surface area contributed by atoms with Crippen molar-refractivity contribution in [2.45, 2.75) is 56.8 Å². The molecule has 10 nitrogen and oxygen atoms in total. The largest absolute Gasteiger partial charge is 0.439 e. The summed E-state index contributed by atoms with van der Waals surface area (Å²) in [5.41, 5.74) is 22.1. The Labute approximate surface area is 258 Å². The first-order valence-corrected chi connectivity index (χ1v) is 15.2. The van der Waals surface area contributed by atoms with Gasteiger partial charge in [-0.1, -0.05) is 24.8 Å². The number of nitrogens with one attached hydrogen (secondary N) is 2. The number of nitrogen functional groups attached to an aromatic ring is 1. The molecule has 0 aliphatic heterocycles. The summed E-state index contributed by atoms with van der Waals surface area (Å²) in [6.45, 7) is 7.25. The number of aryl methyl sites for hydroxylation is 2. The van der Waals surface area contributed by atoms with E-state index in [1.165, 1.54) is 17.4 Å². The first-order valence-electron chi connectivity index (χ1n) is 14.4. The molecule has 44 heavy (non-hydrogen) atoms. The fourth-order valence-corrected chi connectivity index (χ4v) is 7.65. The quantitative estimate of drug-likeness (QED) is 0.154. The predicted octanol–water partition coefficient (Wildman–Crippen LogP) is 4.03. The van der Waals surface area contributed by atoms with Gasteiger partial charge >= 0.3 is 0 Å². The van der Waals surface area contributed by atoms with Gasteiger partial charge in [-0.25, -0.2) is 4.98 Å². The van der Waals surface area contributed by atoms with E-state index in [0.29, 0.717) is 55.4 Å². The van der Waals surface area contributed by atoms with Crippen LogP contribution in [0, 0.1) is 13.8 Å². The standard InChI is InChI=1S/C33H34N6O4S/c1-4-24(40)38-22-8-6-9-23(22)39-32(42)30-27-26-20(13-14-21(34)29(26)44-30)33(36,31(41)28(27)35)19-12-11-18(15-16(19)2)43-25-10-5-7-17(3)37-25/h4-5,7,10-15,22-23,28H,1,6,8-9,34-36H2,2-3H3,(H,38,40)(H,39,42)/t22-,23+,28?,33?/m0/s1. The number of Topliss-reactive ketones (excluding diaryl/α,β-unsaturated/α-hetero) is 1. The molecule has 226 valence electrons. The van der Waals surface area contributed by atoms with E-state index in [1.807, 2.05) is 32.0 Å². The molecule has 8 N–H and O–H groups in total.